The Kier molecular flexibility index (Phi) is 6.14. The van der Waals surface area contributed by atoms with Crippen LogP contribution in [0.25, 0.3) is 0 Å². The molecule has 5 nitrogen and oxygen atoms in total. The SMILES string of the molecule is COC(=O)c1c(NC(=O)c2cccc(Oc3ccccc3)c2)sc2c1CCCCC2. The van der Waals surface area contributed by atoms with Gasteiger partial charge in [0.15, 0.2) is 0 Å². The molecule has 0 radical (unpaired) electrons. The minimum atomic E-state index is -0.397. The van der Waals surface area contributed by atoms with Gasteiger partial charge in [0.25, 0.3) is 5.91 Å². The summed E-state index contributed by atoms with van der Waals surface area (Å²) in [5, 5.41) is 3.50. The fraction of sp³-hybridized carbons (Fsp3) is 0.250. The number of amides is 1. The minimum Gasteiger partial charge on any atom is -0.465 e. The molecular formula is C24H23NO4S. The molecule has 6 heteroatoms. The zero-order valence-corrected chi connectivity index (χ0v) is 17.6. The maximum atomic E-state index is 13.0. The van der Waals surface area contributed by atoms with E-state index in [4.69, 9.17) is 9.47 Å². The Bertz CT molecular complexity index is 1060. The van der Waals surface area contributed by atoms with E-state index in [1.54, 1.807) is 24.3 Å². The van der Waals surface area contributed by atoms with Crippen molar-refractivity contribution >= 4 is 28.2 Å². The lowest BCUT2D eigenvalue weighted by Crippen LogP contribution is -2.14. The lowest BCUT2D eigenvalue weighted by atomic mass is 10.1. The number of rotatable bonds is 5. The van der Waals surface area contributed by atoms with E-state index in [0.717, 1.165) is 37.7 Å². The first kappa shape index (κ1) is 20.2. The van der Waals surface area contributed by atoms with E-state index >= 15 is 0 Å². The highest BCUT2D eigenvalue weighted by atomic mass is 32.1. The minimum absolute atomic E-state index is 0.282. The van der Waals surface area contributed by atoms with Crippen molar-refractivity contribution in [2.75, 3.05) is 12.4 Å². The zero-order chi connectivity index (χ0) is 20.9. The van der Waals surface area contributed by atoms with Crippen LogP contribution in [-0.4, -0.2) is 19.0 Å². The van der Waals surface area contributed by atoms with E-state index < -0.39 is 5.97 Å². The fourth-order valence-electron chi connectivity index (χ4n) is 3.65. The standard InChI is InChI=1S/C24H23NO4S/c1-28-24(27)21-19-13-6-3-7-14-20(19)30-23(21)25-22(26)16-9-8-12-18(15-16)29-17-10-4-2-5-11-17/h2,4-5,8-12,15H,3,6-7,13-14H2,1H3,(H,25,26). The molecule has 0 saturated carbocycles. The molecule has 0 unspecified atom stereocenters. The van der Waals surface area contributed by atoms with Crippen LogP contribution in [0.5, 0.6) is 11.5 Å². The van der Waals surface area contributed by atoms with Crippen molar-refractivity contribution in [2.45, 2.75) is 32.1 Å². The maximum absolute atomic E-state index is 13.0. The summed E-state index contributed by atoms with van der Waals surface area (Å²) in [7, 11) is 1.37. The number of anilines is 1. The summed E-state index contributed by atoms with van der Waals surface area (Å²) < 4.78 is 10.8. The Morgan fingerprint density at radius 2 is 1.70 bits per heavy atom. The van der Waals surface area contributed by atoms with Crippen LogP contribution in [0, 0.1) is 0 Å². The lowest BCUT2D eigenvalue weighted by Gasteiger charge is -2.09. The third-order valence-electron chi connectivity index (χ3n) is 5.11. The molecule has 4 rings (SSSR count). The first-order valence-electron chi connectivity index (χ1n) is 10.0. The summed E-state index contributed by atoms with van der Waals surface area (Å²) in [6.07, 6.45) is 5.06. The second-order valence-corrected chi connectivity index (χ2v) is 8.26. The van der Waals surface area contributed by atoms with Crippen LogP contribution in [0.2, 0.25) is 0 Å². The van der Waals surface area contributed by atoms with Gasteiger partial charge in [-0.2, -0.15) is 0 Å². The highest BCUT2D eigenvalue weighted by molar-refractivity contribution is 7.17. The van der Waals surface area contributed by atoms with Crippen molar-refractivity contribution in [3.8, 4) is 11.5 Å². The van der Waals surface area contributed by atoms with E-state index in [-0.39, 0.29) is 5.91 Å². The van der Waals surface area contributed by atoms with E-state index in [2.05, 4.69) is 5.32 Å². The molecule has 1 aliphatic carbocycles. The van der Waals surface area contributed by atoms with Gasteiger partial charge >= 0.3 is 5.97 Å². The zero-order valence-electron chi connectivity index (χ0n) is 16.8. The molecule has 2 aromatic carbocycles. The normalized spacial score (nSPS) is 13.1. The quantitative estimate of drug-likeness (QED) is 0.415. The average molecular weight is 422 g/mol. The van der Waals surface area contributed by atoms with Crippen molar-refractivity contribution in [1.29, 1.82) is 0 Å². The Hall–Kier alpha value is -3.12. The molecule has 0 fully saturated rings. The Morgan fingerprint density at radius 1 is 0.933 bits per heavy atom. The summed E-state index contributed by atoms with van der Waals surface area (Å²) in [4.78, 5) is 26.6. The first-order valence-corrected chi connectivity index (χ1v) is 10.8. The van der Waals surface area contributed by atoms with Gasteiger partial charge < -0.3 is 14.8 Å². The van der Waals surface area contributed by atoms with Crippen LogP contribution < -0.4 is 10.1 Å². The van der Waals surface area contributed by atoms with Gasteiger partial charge in [-0.25, -0.2) is 4.79 Å². The average Bonchev–Trinajstić information content (AvgIpc) is 2.94. The number of esters is 1. The van der Waals surface area contributed by atoms with Gasteiger partial charge in [-0.05, 0) is 61.6 Å². The number of thiophene rings is 1. The molecule has 3 aromatic rings. The molecule has 0 aliphatic heterocycles. The molecule has 30 heavy (non-hydrogen) atoms. The van der Waals surface area contributed by atoms with Gasteiger partial charge in [-0.1, -0.05) is 30.7 Å². The molecule has 1 amide bonds. The number of carbonyl (C=O) groups excluding carboxylic acids is 2. The van der Waals surface area contributed by atoms with Crippen LogP contribution in [-0.2, 0) is 17.6 Å². The highest BCUT2D eigenvalue weighted by Crippen LogP contribution is 2.38. The number of aryl methyl sites for hydroxylation is 1. The molecule has 154 valence electrons. The maximum Gasteiger partial charge on any atom is 0.341 e. The number of methoxy groups -OCH3 is 1. The number of hydrogen-bond acceptors (Lipinski definition) is 5. The van der Waals surface area contributed by atoms with Crippen molar-refractivity contribution < 1.29 is 19.1 Å². The summed E-state index contributed by atoms with van der Waals surface area (Å²) in [6, 6.07) is 16.4. The van der Waals surface area contributed by atoms with Gasteiger partial charge in [0.2, 0.25) is 0 Å². The second kappa shape index (κ2) is 9.13. The molecule has 1 heterocycles. The molecule has 1 aliphatic rings. The molecule has 1 N–H and O–H groups in total. The molecule has 0 atom stereocenters. The van der Waals surface area contributed by atoms with Gasteiger partial charge in [-0.15, -0.1) is 11.3 Å². The fourth-order valence-corrected chi connectivity index (χ4v) is 4.92. The van der Waals surface area contributed by atoms with E-state index in [9.17, 15) is 9.59 Å². The van der Waals surface area contributed by atoms with Crippen LogP contribution in [0.4, 0.5) is 5.00 Å². The topological polar surface area (TPSA) is 64.6 Å². The predicted molar refractivity (Wildman–Crippen MR) is 118 cm³/mol. The Balaban J connectivity index is 1.58. The number of benzene rings is 2. The summed E-state index contributed by atoms with van der Waals surface area (Å²) in [5.74, 6) is 0.593. The van der Waals surface area contributed by atoms with Crippen molar-refractivity contribution in [3.63, 3.8) is 0 Å². The van der Waals surface area contributed by atoms with E-state index in [0.29, 0.717) is 27.6 Å². The molecular weight excluding hydrogens is 398 g/mol. The largest absolute Gasteiger partial charge is 0.465 e. The third-order valence-corrected chi connectivity index (χ3v) is 6.32. The number of ether oxygens (including phenoxy) is 2. The monoisotopic (exact) mass is 421 g/mol. The molecule has 0 spiro atoms. The summed E-state index contributed by atoms with van der Waals surface area (Å²) >= 11 is 1.48. The predicted octanol–water partition coefficient (Wildman–Crippen LogP) is 5.85. The van der Waals surface area contributed by atoms with Crippen molar-refractivity contribution in [3.05, 3.63) is 76.2 Å². The number of para-hydroxylation sites is 1. The van der Waals surface area contributed by atoms with Crippen LogP contribution >= 0.6 is 11.3 Å². The molecule has 0 saturated heterocycles. The number of hydrogen-bond donors (Lipinski definition) is 1. The van der Waals surface area contributed by atoms with Gasteiger partial charge in [0.1, 0.15) is 16.5 Å². The Labute approximate surface area is 179 Å². The number of fused-ring (bicyclic) bond motifs is 1. The van der Waals surface area contributed by atoms with E-state index in [1.165, 1.54) is 23.3 Å². The lowest BCUT2D eigenvalue weighted by molar-refractivity contribution is 0.0601. The highest BCUT2D eigenvalue weighted by Gasteiger charge is 2.26. The summed E-state index contributed by atoms with van der Waals surface area (Å²) in [6.45, 7) is 0. The summed E-state index contributed by atoms with van der Waals surface area (Å²) in [5.41, 5.74) is 1.99. The van der Waals surface area contributed by atoms with Crippen LogP contribution in [0.15, 0.2) is 54.6 Å². The number of carbonyl (C=O) groups is 2. The molecule has 1 aromatic heterocycles. The van der Waals surface area contributed by atoms with Gasteiger partial charge in [0.05, 0.1) is 12.7 Å². The Morgan fingerprint density at radius 3 is 2.50 bits per heavy atom. The van der Waals surface area contributed by atoms with Gasteiger partial charge in [0, 0.05) is 10.4 Å². The van der Waals surface area contributed by atoms with E-state index in [1.807, 2.05) is 30.3 Å². The van der Waals surface area contributed by atoms with Crippen LogP contribution in [0.3, 0.4) is 0 Å². The smallest absolute Gasteiger partial charge is 0.341 e. The van der Waals surface area contributed by atoms with Crippen LogP contribution in [0.1, 0.15) is 50.4 Å². The van der Waals surface area contributed by atoms with Crippen molar-refractivity contribution in [2.24, 2.45) is 0 Å². The number of nitrogens with one attached hydrogen (secondary N) is 1. The first-order chi connectivity index (χ1) is 14.7. The third kappa shape index (κ3) is 4.39. The van der Waals surface area contributed by atoms with Gasteiger partial charge in [-0.3, -0.25) is 4.79 Å². The molecule has 0 bridgehead atoms. The van der Waals surface area contributed by atoms with Crippen molar-refractivity contribution in [1.82, 2.24) is 0 Å². The second-order valence-electron chi connectivity index (χ2n) is 7.16.